The average Bonchev–Trinajstić information content (AvgIpc) is 2.85. The van der Waals surface area contributed by atoms with Gasteiger partial charge < -0.3 is 30.5 Å². The van der Waals surface area contributed by atoms with Crippen LogP contribution in [0.5, 0.6) is 11.5 Å². The maximum Gasteiger partial charge on any atom is 0.408 e. The number of phenols is 2. The lowest BCUT2D eigenvalue weighted by Gasteiger charge is -2.33. The van der Waals surface area contributed by atoms with Crippen LogP contribution in [0.1, 0.15) is 70.0 Å². The van der Waals surface area contributed by atoms with Crippen molar-refractivity contribution >= 4 is 17.9 Å². The lowest BCUT2D eigenvalue weighted by Crippen LogP contribution is -2.53. The molecule has 0 saturated heterocycles. The number of carbonyl (C=O) groups excluding carboxylic acids is 3. The fourth-order valence-corrected chi connectivity index (χ4v) is 4.63. The van der Waals surface area contributed by atoms with Crippen LogP contribution in [-0.2, 0) is 20.7 Å². The van der Waals surface area contributed by atoms with E-state index in [9.17, 15) is 24.6 Å². The van der Waals surface area contributed by atoms with E-state index in [0.29, 0.717) is 11.1 Å². The van der Waals surface area contributed by atoms with Crippen molar-refractivity contribution in [3.05, 3.63) is 59.7 Å². The van der Waals surface area contributed by atoms with E-state index in [1.165, 1.54) is 36.2 Å². The molecule has 0 aliphatic heterocycles. The Kier molecular flexibility index (Phi) is 9.61. The summed E-state index contributed by atoms with van der Waals surface area (Å²) < 4.78 is 5.39. The van der Waals surface area contributed by atoms with Crippen molar-refractivity contribution in [3.8, 4) is 11.5 Å². The lowest BCUT2D eigenvalue weighted by molar-refractivity contribution is -0.141. The number of benzene rings is 2. The molecule has 0 heterocycles. The minimum Gasteiger partial charge on any atom is -0.508 e. The molecular weight excluding hydrogens is 486 g/mol. The van der Waals surface area contributed by atoms with Crippen LogP contribution in [0.15, 0.2) is 48.5 Å². The molecule has 9 heteroatoms. The predicted octanol–water partition coefficient (Wildman–Crippen LogP) is 4.18. The Morgan fingerprint density at radius 2 is 1.50 bits per heavy atom. The van der Waals surface area contributed by atoms with E-state index in [4.69, 9.17) is 4.74 Å². The third-order valence-corrected chi connectivity index (χ3v) is 6.51. The molecule has 0 aromatic heterocycles. The Bertz CT molecular complexity index is 1090. The van der Waals surface area contributed by atoms with E-state index in [1.54, 1.807) is 45.0 Å². The van der Waals surface area contributed by atoms with Crippen LogP contribution in [0.3, 0.4) is 0 Å². The minimum absolute atomic E-state index is 0.0343. The van der Waals surface area contributed by atoms with Gasteiger partial charge in [-0.1, -0.05) is 43.5 Å². The molecule has 0 bridgehead atoms. The molecule has 0 radical (unpaired) electrons. The highest BCUT2D eigenvalue weighted by molar-refractivity contribution is 5.92. The van der Waals surface area contributed by atoms with Crippen LogP contribution >= 0.6 is 0 Å². The molecule has 1 aliphatic rings. The number of amides is 3. The van der Waals surface area contributed by atoms with Crippen LogP contribution in [-0.4, -0.2) is 57.8 Å². The Morgan fingerprint density at radius 3 is 2.05 bits per heavy atom. The summed E-state index contributed by atoms with van der Waals surface area (Å²) >= 11 is 0. The zero-order valence-corrected chi connectivity index (χ0v) is 22.6. The number of ether oxygens (including phenoxy) is 1. The number of nitrogens with zero attached hydrogens (tertiary/aromatic N) is 1. The fourth-order valence-electron chi connectivity index (χ4n) is 4.63. The van der Waals surface area contributed by atoms with Crippen molar-refractivity contribution in [2.75, 3.05) is 7.05 Å². The summed E-state index contributed by atoms with van der Waals surface area (Å²) in [6.45, 7) is 5.18. The van der Waals surface area contributed by atoms with E-state index >= 15 is 0 Å². The predicted molar refractivity (Wildman–Crippen MR) is 144 cm³/mol. The standard InChI is InChI=1S/C29H39N3O6/c1-29(2,3)38-28(37)31-24(18-19-10-14-22(33)15-11-19)27(36)32(4)25(20-12-16-23(34)17-13-20)26(35)30-21-8-6-5-7-9-21/h10-17,21,24-25,33-34H,5-9,18H2,1-4H3,(H,30,35)(H,31,37). The van der Waals surface area contributed by atoms with E-state index in [2.05, 4.69) is 10.6 Å². The van der Waals surface area contributed by atoms with Gasteiger partial charge in [0.25, 0.3) is 0 Å². The van der Waals surface area contributed by atoms with Crippen LogP contribution in [0, 0.1) is 0 Å². The molecule has 0 spiro atoms. The third kappa shape index (κ3) is 8.39. The first-order valence-electron chi connectivity index (χ1n) is 13.1. The van der Waals surface area contributed by atoms with E-state index in [1.807, 2.05) is 0 Å². The van der Waals surface area contributed by atoms with Gasteiger partial charge in [-0.15, -0.1) is 0 Å². The highest BCUT2D eigenvalue weighted by atomic mass is 16.6. The first kappa shape index (κ1) is 28.8. The summed E-state index contributed by atoms with van der Waals surface area (Å²) in [5.74, 6) is -0.675. The fraction of sp³-hybridized carbons (Fsp3) is 0.483. The molecule has 2 atom stereocenters. The number of likely N-dealkylation sites (N-methyl/N-ethyl adjacent to an activating group) is 1. The summed E-state index contributed by atoms with van der Waals surface area (Å²) in [7, 11) is 1.53. The highest BCUT2D eigenvalue weighted by Gasteiger charge is 2.35. The van der Waals surface area contributed by atoms with Crippen LogP contribution in [0.4, 0.5) is 4.79 Å². The first-order chi connectivity index (χ1) is 17.9. The van der Waals surface area contributed by atoms with Gasteiger partial charge in [0.1, 0.15) is 29.2 Å². The number of hydrogen-bond acceptors (Lipinski definition) is 6. The topological polar surface area (TPSA) is 128 Å². The van der Waals surface area contributed by atoms with Gasteiger partial charge in [0.05, 0.1) is 0 Å². The second-order valence-corrected chi connectivity index (χ2v) is 10.9. The third-order valence-electron chi connectivity index (χ3n) is 6.51. The van der Waals surface area contributed by atoms with Gasteiger partial charge in [0.15, 0.2) is 0 Å². The van der Waals surface area contributed by atoms with Crippen LogP contribution in [0.2, 0.25) is 0 Å². The van der Waals surface area contributed by atoms with Gasteiger partial charge in [-0.2, -0.15) is 0 Å². The average molecular weight is 526 g/mol. The Hall–Kier alpha value is -3.75. The molecule has 38 heavy (non-hydrogen) atoms. The van der Waals surface area contributed by atoms with Crippen molar-refractivity contribution in [1.29, 1.82) is 0 Å². The van der Waals surface area contributed by atoms with Crippen molar-refractivity contribution in [2.45, 2.75) is 83.0 Å². The SMILES string of the molecule is CN(C(=O)C(Cc1ccc(O)cc1)NC(=O)OC(C)(C)C)C(C(=O)NC1CCCCC1)c1ccc(O)cc1. The molecule has 1 aliphatic carbocycles. The van der Waals surface area contributed by atoms with Gasteiger partial charge in [0.2, 0.25) is 11.8 Å². The second-order valence-electron chi connectivity index (χ2n) is 10.9. The molecule has 2 aromatic rings. The van der Waals surface area contributed by atoms with Crippen molar-refractivity contribution in [2.24, 2.45) is 0 Å². The first-order valence-corrected chi connectivity index (χ1v) is 13.1. The summed E-state index contributed by atoms with van der Waals surface area (Å²) in [5.41, 5.74) is 0.474. The Morgan fingerprint density at radius 1 is 0.947 bits per heavy atom. The lowest BCUT2D eigenvalue weighted by atomic mass is 9.94. The number of aromatic hydroxyl groups is 2. The zero-order valence-electron chi connectivity index (χ0n) is 22.6. The summed E-state index contributed by atoms with van der Waals surface area (Å²) in [4.78, 5) is 41.4. The highest BCUT2D eigenvalue weighted by Crippen LogP contribution is 2.26. The molecular formula is C29H39N3O6. The number of nitrogens with one attached hydrogen (secondary N) is 2. The zero-order chi connectivity index (χ0) is 27.9. The van der Waals surface area contributed by atoms with Crippen molar-refractivity contribution in [3.63, 3.8) is 0 Å². The molecule has 4 N–H and O–H groups in total. The Labute approximate surface area is 224 Å². The number of rotatable bonds is 8. The van der Waals surface area contributed by atoms with E-state index in [0.717, 1.165) is 32.1 Å². The minimum atomic E-state index is -1.04. The summed E-state index contributed by atoms with van der Waals surface area (Å²) in [5, 5.41) is 25.2. The van der Waals surface area contributed by atoms with E-state index < -0.39 is 29.7 Å². The number of alkyl carbamates (subject to hydrolysis) is 1. The smallest absolute Gasteiger partial charge is 0.408 e. The maximum atomic E-state index is 13.9. The number of phenolic OH excluding ortho intramolecular Hbond substituents is 2. The summed E-state index contributed by atoms with van der Waals surface area (Å²) in [6.07, 6.45) is 4.35. The Balaban J connectivity index is 1.89. The number of carbonyl (C=O) groups is 3. The van der Waals surface area contributed by atoms with Crippen molar-refractivity contribution in [1.82, 2.24) is 15.5 Å². The largest absolute Gasteiger partial charge is 0.508 e. The quantitative estimate of drug-likeness (QED) is 0.409. The molecule has 3 amide bonds. The molecule has 3 rings (SSSR count). The van der Waals surface area contributed by atoms with Gasteiger partial charge in [-0.3, -0.25) is 9.59 Å². The van der Waals surface area contributed by atoms with Gasteiger partial charge in [-0.05, 0) is 69.0 Å². The molecule has 206 valence electrons. The second kappa shape index (κ2) is 12.7. The molecule has 2 aromatic carbocycles. The molecule has 2 unspecified atom stereocenters. The molecule has 1 fully saturated rings. The summed E-state index contributed by atoms with van der Waals surface area (Å²) in [6, 6.07) is 10.5. The number of hydrogen-bond donors (Lipinski definition) is 4. The van der Waals surface area contributed by atoms with Crippen LogP contribution < -0.4 is 10.6 Å². The van der Waals surface area contributed by atoms with Crippen LogP contribution in [0.25, 0.3) is 0 Å². The monoisotopic (exact) mass is 525 g/mol. The molecule has 9 nitrogen and oxygen atoms in total. The van der Waals surface area contributed by atoms with Gasteiger partial charge in [0, 0.05) is 19.5 Å². The van der Waals surface area contributed by atoms with Crippen molar-refractivity contribution < 1.29 is 29.3 Å². The van der Waals surface area contributed by atoms with Gasteiger partial charge >= 0.3 is 6.09 Å². The van der Waals surface area contributed by atoms with Gasteiger partial charge in [-0.25, -0.2) is 4.79 Å². The maximum absolute atomic E-state index is 13.9. The molecule has 1 saturated carbocycles. The van der Waals surface area contributed by atoms with E-state index in [-0.39, 0.29) is 29.9 Å². The normalized spacial score (nSPS) is 15.7.